The van der Waals surface area contributed by atoms with Gasteiger partial charge < -0.3 is 98.0 Å². The van der Waals surface area contributed by atoms with Crippen molar-refractivity contribution >= 4 is 35.8 Å². The van der Waals surface area contributed by atoms with E-state index in [4.69, 9.17) is 38.6 Å². The molecule has 2 N–H and O–H groups in total. The van der Waals surface area contributed by atoms with Crippen LogP contribution in [0, 0.1) is 98.8 Å². The zero-order chi connectivity index (χ0) is 85.0. The van der Waals surface area contributed by atoms with Gasteiger partial charge in [0, 0.05) is 51.4 Å². The quantitative estimate of drug-likeness (QED) is 0.0854. The van der Waals surface area contributed by atoms with Gasteiger partial charge in [-0.1, -0.05) is 146 Å². The van der Waals surface area contributed by atoms with Crippen molar-refractivity contribution in [1.29, 1.82) is 0 Å². The number of aliphatic hydroxyl groups excluding tert-OH is 2. The van der Waals surface area contributed by atoms with Crippen molar-refractivity contribution < 1.29 is 197 Å². The number of aliphatic hydroxyl groups is 2. The molecule has 612 valence electrons. The molecule has 32 nitrogen and oxygen atoms in total. The summed E-state index contributed by atoms with van der Waals surface area (Å²) in [6.45, 7) is -2.39. The Morgan fingerprint density at radius 3 is 0.425 bits per heavy atom. The van der Waals surface area contributed by atoms with Crippen molar-refractivity contribution in [2.24, 2.45) is 0 Å². The van der Waals surface area contributed by atoms with E-state index in [9.17, 15) is 59.4 Å². The molecule has 120 heavy (non-hydrogen) atoms. The van der Waals surface area contributed by atoms with Gasteiger partial charge in [-0.3, -0.25) is 29.9 Å². The Labute approximate surface area is 770 Å². The molecule has 8 heterocycles. The first-order chi connectivity index (χ1) is 57.5. The van der Waals surface area contributed by atoms with Gasteiger partial charge in [0.1, 0.15) is 108 Å². The Hall–Kier alpha value is -13.1. The largest absolute Gasteiger partial charge is 3.00 e. The van der Waals surface area contributed by atoms with Crippen LogP contribution in [0.15, 0.2) is 328 Å². The predicted octanol–water partition coefficient (Wildman–Crippen LogP) is 4.22. The molecule has 0 spiro atoms. The van der Waals surface area contributed by atoms with E-state index in [0.717, 1.165) is 14.2 Å². The number of pyridine rings is 6. The van der Waals surface area contributed by atoms with Gasteiger partial charge >= 0.3 is 98.8 Å². The second kappa shape index (κ2) is 62.2. The van der Waals surface area contributed by atoms with Crippen LogP contribution in [0.2, 0.25) is 0 Å². The average molecular weight is 1900 g/mol. The Bertz CT molecular complexity index is 4260. The third-order valence-corrected chi connectivity index (χ3v) is 13.2. The number of benzene rings is 6. The number of rotatable bonds is 24. The minimum atomic E-state index is -1.21. The van der Waals surface area contributed by atoms with Crippen LogP contribution >= 0.6 is 0 Å². The van der Waals surface area contributed by atoms with Crippen molar-refractivity contribution in [3.05, 3.63) is 328 Å². The minimum Gasteiger partial charge on any atom is -0.546 e. The van der Waals surface area contributed by atoms with Gasteiger partial charge in [-0.2, -0.15) is 0 Å². The molecule has 0 saturated heterocycles. The van der Waals surface area contributed by atoms with Gasteiger partial charge in [-0.25, -0.2) is 29.9 Å². The number of aliphatic carboxylic acids is 6. The second-order valence-electron chi connectivity index (χ2n) is 21.7. The Morgan fingerprint density at radius 2 is 0.325 bits per heavy atom. The number of ether oxygens (including phenoxy) is 6. The zero-order valence-corrected chi connectivity index (χ0v) is 68.6. The van der Waals surface area contributed by atoms with Crippen LogP contribution in [0.4, 0.5) is 0 Å². The van der Waals surface area contributed by atoms with E-state index in [0.29, 0.717) is 104 Å². The molecule has 0 unspecified atom stereocenters. The van der Waals surface area contributed by atoms with E-state index in [1.807, 2.05) is 146 Å². The van der Waals surface area contributed by atoms with Crippen molar-refractivity contribution in [2.45, 2.75) is 0 Å². The Morgan fingerprint density at radius 1 is 0.208 bits per heavy atom. The summed E-state index contributed by atoms with van der Waals surface area (Å²) in [5.74, 6) is -1.10. The van der Waals surface area contributed by atoms with Gasteiger partial charge in [-0.05, 0) is 146 Å². The molecular weight excluding hydrogens is 1820 g/mol. The van der Waals surface area contributed by atoms with Crippen LogP contribution in [-0.4, -0.2) is 160 Å². The first-order valence-corrected chi connectivity index (χ1v) is 34.7. The van der Waals surface area contributed by atoms with E-state index in [-0.39, 0.29) is 98.8 Å². The van der Waals surface area contributed by atoms with Gasteiger partial charge in [0.15, 0.2) is 34.9 Å². The SMILES string of the molecule is CO.CO.O=C([O-])COc1ccccc1.O=C([O-])COc1ccccc1.O=C([O-])COc1ccccc1.O=C([O-])COc1ccccc1.O=C([O-])COc1ccccc1.O=C([O-])COc1ccccc1.[Eu+3].[Eu+3].c1ccc(-c2nc(-c3ccccn3)nc(-c3ccccn3)n2)nc1.c1ccc(-c2nc(-c3ccccn3)nc(-c3ccccn3)n2)nc1. The third kappa shape index (κ3) is 43.8. The van der Waals surface area contributed by atoms with E-state index < -0.39 is 75.5 Å². The molecule has 34 heteroatoms. The summed E-state index contributed by atoms with van der Waals surface area (Å²) in [5, 5.41) is 73.6. The van der Waals surface area contributed by atoms with Gasteiger partial charge in [0.2, 0.25) is 0 Å². The zero-order valence-electron chi connectivity index (χ0n) is 63.8. The molecule has 0 aliphatic heterocycles. The molecule has 0 radical (unpaired) electrons. The predicted molar refractivity (Wildman–Crippen MR) is 417 cm³/mol. The molecule has 0 amide bonds. The summed E-state index contributed by atoms with van der Waals surface area (Å²) < 4.78 is 28.8. The topological polar surface area (TPSA) is 491 Å². The molecule has 0 aliphatic rings. The number of hydrogen-bond acceptors (Lipinski definition) is 32. The van der Waals surface area contributed by atoms with Crippen LogP contribution in [0.5, 0.6) is 34.5 Å². The van der Waals surface area contributed by atoms with E-state index in [2.05, 4.69) is 59.8 Å². The normalized spacial score (nSPS) is 9.30. The molecule has 6 aromatic carbocycles. The summed E-state index contributed by atoms with van der Waals surface area (Å²) >= 11 is 0. The maximum absolute atomic E-state index is 9.94. The summed E-state index contributed by atoms with van der Waals surface area (Å²) in [7, 11) is 2.00. The molecule has 8 aromatic heterocycles. The van der Waals surface area contributed by atoms with E-state index in [1.165, 1.54) is 0 Å². The first kappa shape index (κ1) is 101. The first-order valence-electron chi connectivity index (χ1n) is 34.7. The number of carbonyl (C=O) groups is 6. The fourth-order valence-electron chi connectivity index (χ4n) is 8.36. The van der Waals surface area contributed by atoms with Crippen molar-refractivity contribution in [3.63, 3.8) is 0 Å². The number of carbonyl (C=O) groups excluding carboxylic acids is 6. The summed E-state index contributed by atoms with van der Waals surface area (Å²) in [5.41, 5.74) is 4.05. The van der Waals surface area contributed by atoms with Crippen LogP contribution in [-0.2, 0) is 28.8 Å². The van der Waals surface area contributed by atoms with Gasteiger partial charge in [0.25, 0.3) is 0 Å². The number of para-hydroxylation sites is 6. The molecule has 0 atom stereocenters. The molecule has 14 rings (SSSR count). The number of aromatic nitrogens is 12. The molecule has 0 bridgehead atoms. The minimum absolute atomic E-state index is 0. The van der Waals surface area contributed by atoms with Crippen molar-refractivity contribution in [1.82, 2.24) is 59.8 Å². The average Bonchev–Trinajstić information content (AvgIpc) is 0.811. The van der Waals surface area contributed by atoms with E-state index in [1.54, 1.807) is 183 Å². The van der Waals surface area contributed by atoms with Gasteiger partial charge in [-0.15, -0.1) is 0 Å². The standard InChI is InChI=1S/2C18H12N6.6C8H8O3.2CH4O.2Eu/c2*1-4-10-19-13(7-1)16-22-17(14-8-2-5-11-20-14)24-18(23-16)15-9-3-6-12-21-15;6*9-8(10)6-11-7-4-2-1-3-5-7;2*1-2;;/h2*1-12H;6*1-5H,6H2,(H,9,10);2*2H,1H3;;/q;;;;;;;;;;2*+3/p-6. The number of hydrogen-bond donors (Lipinski definition) is 2. The summed E-state index contributed by atoms with van der Waals surface area (Å²) in [6, 6.07) is 86.0. The van der Waals surface area contributed by atoms with Crippen LogP contribution in [0.1, 0.15) is 0 Å². The van der Waals surface area contributed by atoms with E-state index >= 15 is 0 Å². The van der Waals surface area contributed by atoms with Crippen LogP contribution in [0.3, 0.4) is 0 Å². The Kier molecular flexibility index (Phi) is 52.4. The number of carboxylic acids is 6. The second-order valence-corrected chi connectivity index (χ2v) is 21.7. The van der Waals surface area contributed by atoms with Gasteiger partial charge in [0.05, 0.1) is 35.8 Å². The number of nitrogens with zero attached hydrogens (tertiary/aromatic N) is 12. The maximum Gasteiger partial charge on any atom is 3.00 e. The fraction of sp³-hybridized carbons (Fsp3) is 0.0930. The fourth-order valence-corrected chi connectivity index (χ4v) is 8.36. The molecular formula is C86H74Eu2N12O20. The molecule has 0 aliphatic carbocycles. The monoisotopic (exact) mass is 1900 g/mol. The Balaban J connectivity index is 0.000000361. The number of carboxylic acid groups (broad SMARTS) is 6. The maximum atomic E-state index is 9.94. The van der Waals surface area contributed by atoms with Crippen molar-refractivity contribution in [2.75, 3.05) is 53.9 Å². The molecule has 0 saturated carbocycles. The van der Waals surface area contributed by atoms with Crippen molar-refractivity contribution in [3.8, 4) is 104 Å². The molecule has 14 aromatic rings. The molecule has 0 fully saturated rings. The van der Waals surface area contributed by atoms with Crippen LogP contribution in [0.25, 0.3) is 69.1 Å². The third-order valence-electron chi connectivity index (χ3n) is 13.2. The smallest absolute Gasteiger partial charge is 0.546 e. The summed E-state index contributed by atoms with van der Waals surface area (Å²) in [6.07, 6.45) is 10.3. The summed E-state index contributed by atoms with van der Waals surface area (Å²) in [4.78, 5) is 113. The van der Waals surface area contributed by atoms with Crippen LogP contribution < -0.4 is 59.1 Å².